The molecule has 0 radical (unpaired) electrons. The lowest BCUT2D eigenvalue weighted by molar-refractivity contribution is 0.490. The van der Waals surface area contributed by atoms with E-state index in [-0.39, 0.29) is 0 Å². The van der Waals surface area contributed by atoms with Crippen molar-refractivity contribution in [3.8, 4) is 17.6 Å². The van der Waals surface area contributed by atoms with Gasteiger partial charge in [0.05, 0.1) is 22.8 Å². The predicted molar refractivity (Wildman–Crippen MR) is 77.4 cm³/mol. The molecule has 20 heavy (non-hydrogen) atoms. The van der Waals surface area contributed by atoms with Gasteiger partial charge in [-0.25, -0.2) is 0 Å². The molecule has 3 aromatic rings. The molecule has 0 bridgehead atoms. The zero-order valence-corrected chi connectivity index (χ0v) is 10.6. The fourth-order valence-electron chi connectivity index (χ4n) is 1.97. The maximum Gasteiger partial charge on any atom is 0.151 e. The highest BCUT2D eigenvalue weighted by atomic mass is 16.5. The summed E-state index contributed by atoms with van der Waals surface area (Å²) in [6.45, 7) is 0. The molecule has 1 heterocycles. The number of hydrogen-bond donors (Lipinski definition) is 1. The highest BCUT2D eigenvalue weighted by Gasteiger charge is 2.07. The van der Waals surface area contributed by atoms with Crippen LogP contribution in [0.2, 0.25) is 0 Å². The fraction of sp³-hybridized carbons (Fsp3) is 0. The standard InChI is InChI=1S/C16H11N3O/c17-10-11-6-7-13(18)16(9-11)20-15-5-1-4-14-12(15)3-2-8-19-14/h1-9H,18H2. The summed E-state index contributed by atoms with van der Waals surface area (Å²) in [6.07, 6.45) is 1.73. The van der Waals surface area contributed by atoms with E-state index in [0.717, 1.165) is 10.9 Å². The van der Waals surface area contributed by atoms with Gasteiger partial charge in [0, 0.05) is 17.6 Å². The number of nitrogens with two attached hydrogens (primary N) is 1. The number of benzene rings is 2. The van der Waals surface area contributed by atoms with Gasteiger partial charge in [-0.1, -0.05) is 6.07 Å². The van der Waals surface area contributed by atoms with Crippen molar-refractivity contribution in [3.63, 3.8) is 0 Å². The van der Waals surface area contributed by atoms with Gasteiger partial charge in [0.2, 0.25) is 0 Å². The number of ether oxygens (including phenoxy) is 1. The van der Waals surface area contributed by atoms with Gasteiger partial charge in [0.1, 0.15) is 5.75 Å². The predicted octanol–water partition coefficient (Wildman–Crippen LogP) is 3.48. The Labute approximate surface area is 116 Å². The first-order valence-electron chi connectivity index (χ1n) is 6.09. The van der Waals surface area contributed by atoms with Crippen LogP contribution in [0.5, 0.6) is 11.5 Å². The molecule has 0 saturated heterocycles. The largest absolute Gasteiger partial charge is 0.454 e. The van der Waals surface area contributed by atoms with Crippen LogP contribution in [0.25, 0.3) is 10.9 Å². The van der Waals surface area contributed by atoms with Gasteiger partial charge >= 0.3 is 0 Å². The van der Waals surface area contributed by atoms with Crippen LogP contribution in [-0.2, 0) is 0 Å². The van der Waals surface area contributed by atoms with Crippen molar-refractivity contribution in [3.05, 3.63) is 60.3 Å². The second-order valence-electron chi connectivity index (χ2n) is 4.29. The van der Waals surface area contributed by atoms with E-state index in [4.69, 9.17) is 15.7 Å². The van der Waals surface area contributed by atoms with Crippen molar-refractivity contribution in [1.29, 1.82) is 5.26 Å². The average molecular weight is 261 g/mol. The normalized spacial score (nSPS) is 10.2. The molecule has 0 aliphatic rings. The van der Waals surface area contributed by atoms with Crippen molar-refractivity contribution in [2.24, 2.45) is 0 Å². The fourth-order valence-corrected chi connectivity index (χ4v) is 1.97. The van der Waals surface area contributed by atoms with Gasteiger partial charge in [-0.15, -0.1) is 0 Å². The van der Waals surface area contributed by atoms with Crippen molar-refractivity contribution in [1.82, 2.24) is 4.98 Å². The molecule has 1 aromatic heterocycles. The number of pyridine rings is 1. The van der Waals surface area contributed by atoms with E-state index in [1.807, 2.05) is 30.3 Å². The molecule has 0 saturated carbocycles. The summed E-state index contributed by atoms with van der Waals surface area (Å²) in [7, 11) is 0. The molecule has 3 rings (SSSR count). The molecule has 96 valence electrons. The van der Waals surface area contributed by atoms with Gasteiger partial charge in [0.15, 0.2) is 5.75 Å². The monoisotopic (exact) mass is 261 g/mol. The van der Waals surface area contributed by atoms with Crippen LogP contribution in [0.4, 0.5) is 5.69 Å². The highest BCUT2D eigenvalue weighted by Crippen LogP contribution is 2.32. The van der Waals surface area contributed by atoms with Crippen LogP contribution in [0, 0.1) is 11.3 Å². The lowest BCUT2D eigenvalue weighted by Gasteiger charge is -2.10. The van der Waals surface area contributed by atoms with Crippen LogP contribution in [0.1, 0.15) is 5.56 Å². The zero-order valence-electron chi connectivity index (χ0n) is 10.6. The number of aromatic nitrogens is 1. The SMILES string of the molecule is N#Cc1ccc(N)c(Oc2cccc3ncccc23)c1. The smallest absolute Gasteiger partial charge is 0.151 e. The zero-order chi connectivity index (χ0) is 13.9. The molecule has 0 aliphatic heterocycles. The Morgan fingerprint density at radius 1 is 1.05 bits per heavy atom. The van der Waals surface area contributed by atoms with Gasteiger partial charge < -0.3 is 10.5 Å². The summed E-state index contributed by atoms with van der Waals surface area (Å²) >= 11 is 0. The molecule has 0 amide bonds. The topological polar surface area (TPSA) is 71.9 Å². The summed E-state index contributed by atoms with van der Waals surface area (Å²) in [5.41, 5.74) is 7.73. The van der Waals surface area contributed by atoms with Crippen molar-refractivity contribution in [2.45, 2.75) is 0 Å². The number of hydrogen-bond acceptors (Lipinski definition) is 4. The van der Waals surface area contributed by atoms with Crippen LogP contribution in [-0.4, -0.2) is 4.98 Å². The van der Waals surface area contributed by atoms with E-state index >= 15 is 0 Å². The van der Waals surface area contributed by atoms with E-state index in [1.165, 1.54) is 0 Å². The van der Waals surface area contributed by atoms with E-state index < -0.39 is 0 Å². The van der Waals surface area contributed by atoms with Crippen LogP contribution < -0.4 is 10.5 Å². The van der Waals surface area contributed by atoms with Crippen molar-refractivity contribution >= 4 is 16.6 Å². The summed E-state index contributed by atoms with van der Waals surface area (Å²) < 4.78 is 5.85. The first kappa shape index (κ1) is 12.0. The maximum atomic E-state index is 8.93. The molecule has 0 atom stereocenters. The molecule has 0 spiro atoms. The van der Waals surface area contributed by atoms with Gasteiger partial charge in [-0.05, 0) is 36.4 Å². The Hall–Kier alpha value is -3.06. The van der Waals surface area contributed by atoms with Gasteiger partial charge in [-0.3, -0.25) is 4.98 Å². The van der Waals surface area contributed by atoms with Gasteiger partial charge in [-0.2, -0.15) is 5.26 Å². The van der Waals surface area contributed by atoms with Crippen LogP contribution >= 0.6 is 0 Å². The van der Waals surface area contributed by atoms with Crippen molar-refractivity contribution < 1.29 is 4.74 Å². The Kier molecular flexibility index (Phi) is 2.94. The van der Waals surface area contributed by atoms with Crippen molar-refractivity contribution in [2.75, 3.05) is 5.73 Å². The summed E-state index contributed by atoms with van der Waals surface area (Å²) in [6, 6.07) is 16.4. The first-order valence-corrected chi connectivity index (χ1v) is 6.09. The quantitative estimate of drug-likeness (QED) is 0.717. The molecule has 4 nitrogen and oxygen atoms in total. The van der Waals surface area contributed by atoms with E-state index in [1.54, 1.807) is 24.4 Å². The molecule has 0 aliphatic carbocycles. The molecule has 2 aromatic carbocycles. The Bertz CT molecular complexity index is 816. The average Bonchev–Trinajstić information content (AvgIpc) is 2.50. The molecular formula is C16H11N3O. The Morgan fingerprint density at radius 3 is 2.80 bits per heavy atom. The number of nitriles is 1. The lowest BCUT2D eigenvalue weighted by atomic mass is 10.2. The number of nitrogens with zero attached hydrogens (tertiary/aromatic N) is 2. The van der Waals surface area contributed by atoms with Crippen LogP contribution in [0.3, 0.4) is 0 Å². The lowest BCUT2D eigenvalue weighted by Crippen LogP contribution is -1.93. The van der Waals surface area contributed by atoms with E-state index in [0.29, 0.717) is 22.7 Å². The first-order chi connectivity index (χ1) is 9.78. The van der Waals surface area contributed by atoms with E-state index in [2.05, 4.69) is 11.1 Å². The number of rotatable bonds is 2. The summed E-state index contributed by atoms with van der Waals surface area (Å²) in [5, 5.41) is 9.83. The van der Waals surface area contributed by atoms with Crippen LogP contribution in [0.15, 0.2) is 54.7 Å². The highest BCUT2D eigenvalue weighted by molar-refractivity contribution is 5.85. The van der Waals surface area contributed by atoms with E-state index in [9.17, 15) is 0 Å². The number of fused-ring (bicyclic) bond motifs is 1. The third kappa shape index (κ3) is 2.13. The molecule has 4 heteroatoms. The van der Waals surface area contributed by atoms with Gasteiger partial charge in [0.25, 0.3) is 0 Å². The Morgan fingerprint density at radius 2 is 1.95 bits per heavy atom. The molecule has 0 fully saturated rings. The molecule has 2 N–H and O–H groups in total. The maximum absolute atomic E-state index is 8.93. The number of anilines is 1. The minimum Gasteiger partial charge on any atom is -0.454 e. The Balaban J connectivity index is 2.08. The number of nitrogen functional groups attached to an aromatic ring is 1. The minimum absolute atomic E-state index is 0.473. The molecular weight excluding hydrogens is 250 g/mol. The molecule has 0 unspecified atom stereocenters. The second-order valence-corrected chi connectivity index (χ2v) is 4.29. The summed E-state index contributed by atoms with van der Waals surface area (Å²) in [4.78, 5) is 4.28. The second kappa shape index (κ2) is 4.90. The third-order valence-electron chi connectivity index (χ3n) is 2.97. The third-order valence-corrected chi connectivity index (χ3v) is 2.97. The summed E-state index contributed by atoms with van der Waals surface area (Å²) in [5.74, 6) is 1.14. The minimum atomic E-state index is 0.473.